The Morgan fingerprint density at radius 1 is 1.25 bits per heavy atom. The summed E-state index contributed by atoms with van der Waals surface area (Å²) in [5.74, 6) is 2.30. The molecular formula is C16H22N4O2S2. The highest BCUT2D eigenvalue weighted by atomic mass is 32.2. The predicted octanol–water partition coefficient (Wildman–Crippen LogP) is 1.70. The molecular weight excluding hydrogens is 344 g/mol. The van der Waals surface area contributed by atoms with E-state index in [0.29, 0.717) is 18.8 Å². The van der Waals surface area contributed by atoms with Crippen LogP contribution in [0.3, 0.4) is 0 Å². The van der Waals surface area contributed by atoms with Gasteiger partial charge in [0, 0.05) is 5.75 Å². The molecule has 3 rings (SSSR count). The molecule has 2 N–H and O–H groups in total. The Morgan fingerprint density at radius 3 is 2.75 bits per heavy atom. The SMILES string of the molecule is NCc1nnc(SC[C@H]2CCCS(=O)(=O)C2)n1Cc1ccccc1. The second-order valence-electron chi connectivity index (χ2n) is 6.11. The second kappa shape index (κ2) is 7.67. The molecule has 0 bridgehead atoms. The third-order valence-corrected chi connectivity index (χ3v) is 7.25. The zero-order valence-corrected chi connectivity index (χ0v) is 15.1. The maximum absolute atomic E-state index is 11.8. The van der Waals surface area contributed by atoms with Crippen LogP contribution in [-0.2, 0) is 22.9 Å². The van der Waals surface area contributed by atoms with Crippen LogP contribution >= 0.6 is 11.8 Å². The molecule has 1 fully saturated rings. The minimum Gasteiger partial charge on any atom is -0.324 e. The lowest BCUT2D eigenvalue weighted by atomic mass is 10.1. The fraction of sp³-hybridized carbons (Fsp3) is 0.500. The summed E-state index contributed by atoms with van der Waals surface area (Å²) >= 11 is 1.58. The number of benzene rings is 1. The zero-order valence-electron chi connectivity index (χ0n) is 13.5. The van der Waals surface area contributed by atoms with Gasteiger partial charge in [-0.3, -0.25) is 0 Å². The third-order valence-electron chi connectivity index (χ3n) is 4.17. The van der Waals surface area contributed by atoms with Gasteiger partial charge < -0.3 is 10.3 Å². The lowest BCUT2D eigenvalue weighted by molar-refractivity contribution is 0.520. The molecule has 0 unspecified atom stereocenters. The van der Waals surface area contributed by atoms with Crippen molar-refractivity contribution in [3.63, 3.8) is 0 Å². The van der Waals surface area contributed by atoms with E-state index in [0.717, 1.165) is 35.1 Å². The van der Waals surface area contributed by atoms with Gasteiger partial charge in [-0.2, -0.15) is 0 Å². The van der Waals surface area contributed by atoms with Gasteiger partial charge in [-0.05, 0) is 24.3 Å². The van der Waals surface area contributed by atoms with Crippen molar-refractivity contribution in [1.29, 1.82) is 0 Å². The fourth-order valence-corrected chi connectivity index (χ4v) is 5.96. The third kappa shape index (κ3) is 4.37. The molecule has 1 aromatic heterocycles. The van der Waals surface area contributed by atoms with Crippen molar-refractivity contribution in [3.8, 4) is 0 Å². The van der Waals surface area contributed by atoms with Gasteiger partial charge in [-0.1, -0.05) is 42.1 Å². The van der Waals surface area contributed by atoms with Gasteiger partial charge in [0.2, 0.25) is 0 Å². The Balaban J connectivity index is 1.70. The summed E-state index contributed by atoms with van der Waals surface area (Å²) in [4.78, 5) is 0. The van der Waals surface area contributed by atoms with Gasteiger partial charge >= 0.3 is 0 Å². The van der Waals surface area contributed by atoms with Crippen molar-refractivity contribution in [2.24, 2.45) is 11.7 Å². The Labute approximate surface area is 146 Å². The lowest BCUT2D eigenvalue weighted by Gasteiger charge is -2.21. The fourth-order valence-electron chi connectivity index (χ4n) is 2.94. The van der Waals surface area contributed by atoms with E-state index in [1.807, 2.05) is 22.8 Å². The van der Waals surface area contributed by atoms with E-state index in [4.69, 9.17) is 5.73 Å². The van der Waals surface area contributed by atoms with Gasteiger partial charge in [0.1, 0.15) is 5.82 Å². The summed E-state index contributed by atoms with van der Waals surface area (Å²) in [6.07, 6.45) is 1.72. The number of thioether (sulfide) groups is 1. The van der Waals surface area contributed by atoms with Gasteiger partial charge in [-0.25, -0.2) is 8.42 Å². The van der Waals surface area contributed by atoms with Crippen molar-refractivity contribution in [2.45, 2.75) is 31.1 Å². The summed E-state index contributed by atoms with van der Waals surface area (Å²) < 4.78 is 25.6. The smallest absolute Gasteiger partial charge is 0.191 e. The first-order valence-electron chi connectivity index (χ1n) is 8.06. The van der Waals surface area contributed by atoms with E-state index in [1.54, 1.807) is 11.8 Å². The van der Waals surface area contributed by atoms with Gasteiger partial charge in [-0.15, -0.1) is 10.2 Å². The summed E-state index contributed by atoms with van der Waals surface area (Å²) in [5, 5.41) is 9.23. The van der Waals surface area contributed by atoms with E-state index in [1.165, 1.54) is 0 Å². The van der Waals surface area contributed by atoms with Crippen LogP contribution in [0.4, 0.5) is 0 Å². The maximum Gasteiger partial charge on any atom is 0.191 e. The van der Waals surface area contributed by atoms with Crippen LogP contribution < -0.4 is 5.73 Å². The Bertz CT molecular complexity index is 775. The molecule has 1 atom stereocenters. The molecule has 0 saturated carbocycles. The molecule has 24 heavy (non-hydrogen) atoms. The number of aromatic nitrogens is 3. The van der Waals surface area contributed by atoms with Crippen LogP contribution in [0, 0.1) is 5.92 Å². The van der Waals surface area contributed by atoms with Crippen LogP contribution in [-0.4, -0.2) is 40.4 Å². The summed E-state index contributed by atoms with van der Waals surface area (Å²) in [6.45, 7) is 1.00. The van der Waals surface area contributed by atoms with E-state index in [-0.39, 0.29) is 11.7 Å². The van der Waals surface area contributed by atoms with E-state index in [2.05, 4.69) is 22.3 Å². The highest BCUT2D eigenvalue weighted by Crippen LogP contribution is 2.26. The average Bonchev–Trinajstić information content (AvgIpc) is 2.95. The van der Waals surface area contributed by atoms with Crippen LogP contribution in [0.2, 0.25) is 0 Å². The van der Waals surface area contributed by atoms with Crippen molar-refractivity contribution in [1.82, 2.24) is 14.8 Å². The van der Waals surface area contributed by atoms with Crippen LogP contribution in [0.25, 0.3) is 0 Å². The van der Waals surface area contributed by atoms with Crippen LogP contribution in [0.5, 0.6) is 0 Å². The van der Waals surface area contributed by atoms with E-state index in [9.17, 15) is 8.42 Å². The molecule has 2 aromatic rings. The standard InChI is InChI=1S/C16H22N4O2S2/c17-9-15-18-19-16(20(15)10-13-5-2-1-3-6-13)23-11-14-7-4-8-24(21,22)12-14/h1-3,5-6,14H,4,7-12,17H2/t14-/m1/s1. The van der Waals surface area contributed by atoms with Crippen molar-refractivity contribution in [3.05, 3.63) is 41.7 Å². The van der Waals surface area contributed by atoms with Crippen LogP contribution in [0.15, 0.2) is 35.5 Å². The number of hydrogen-bond acceptors (Lipinski definition) is 6. The monoisotopic (exact) mass is 366 g/mol. The van der Waals surface area contributed by atoms with Crippen LogP contribution in [0.1, 0.15) is 24.2 Å². The highest BCUT2D eigenvalue weighted by molar-refractivity contribution is 7.99. The molecule has 0 radical (unpaired) electrons. The number of hydrogen-bond donors (Lipinski definition) is 1. The number of nitrogens with zero attached hydrogens (tertiary/aromatic N) is 3. The van der Waals surface area contributed by atoms with E-state index >= 15 is 0 Å². The number of sulfone groups is 1. The summed E-state index contributed by atoms with van der Waals surface area (Å²) in [5.41, 5.74) is 6.94. The molecule has 2 heterocycles. The van der Waals surface area contributed by atoms with E-state index < -0.39 is 9.84 Å². The molecule has 130 valence electrons. The number of nitrogens with two attached hydrogens (primary N) is 1. The Morgan fingerprint density at radius 2 is 2.04 bits per heavy atom. The molecule has 6 nitrogen and oxygen atoms in total. The highest BCUT2D eigenvalue weighted by Gasteiger charge is 2.25. The summed E-state index contributed by atoms with van der Waals surface area (Å²) in [7, 11) is -2.87. The van der Waals surface area contributed by atoms with Crippen molar-refractivity contribution in [2.75, 3.05) is 17.3 Å². The zero-order chi connectivity index (χ0) is 17.0. The molecule has 0 amide bonds. The molecule has 1 aromatic carbocycles. The number of rotatable bonds is 6. The quantitative estimate of drug-likeness (QED) is 0.783. The molecule has 1 saturated heterocycles. The largest absolute Gasteiger partial charge is 0.324 e. The predicted molar refractivity (Wildman–Crippen MR) is 95.6 cm³/mol. The first-order valence-corrected chi connectivity index (χ1v) is 10.9. The summed E-state index contributed by atoms with van der Waals surface area (Å²) in [6, 6.07) is 10.1. The average molecular weight is 367 g/mol. The Kier molecular flexibility index (Phi) is 5.57. The molecule has 0 aliphatic carbocycles. The lowest BCUT2D eigenvalue weighted by Crippen LogP contribution is -2.26. The normalized spacial score (nSPS) is 20.1. The molecule has 1 aliphatic heterocycles. The van der Waals surface area contributed by atoms with Crippen molar-refractivity contribution < 1.29 is 8.42 Å². The molecule has 0 spiro atoms. The topological polar surface area (TPSA) is 90.9 Å². The first kappa shape index (κ1) is 17.4. The minimum absolute atomic E-state index is 0.192. The second-order valence-corrected chi connectivity index (χ2v) is 9.32. The molecule has 8 heteroatoms. The van der Waals surface area contributed by atoms with Gasteiger partial charge in [0.15, 0.2) is 15.0 Å². The van der Waals surface area contributed by atoms with Gasteiger partial charge in [0.25, 0.3) is 0 Å². The van der Waals surface area contributed by atoms with Gasteiger partial charge in [0.05, 0.1) is 24.6 Å². The Hall–Kier alpha value is -1.38. The molecule has 1 aliphatic rings. The first-order chi connectivity index (χ1) is 11.6. The maximum atomic E-state index is 11.8. The minimum atomic E-state index is -2.87. The van der Waals surface area contributed by atoms with Crippen molar-refractivity contribution >= 4 is 21.6 Å².